The van der Waals surface area contributed by atoms with E-state index in [1.807, 2.05) is 43.6 Å². The van der Waals surface area contributed by atoms with Gasteiger partial charge in [0.2, 0.25) is 5.95 Å². The molecule has 154 valence electrons. The summed E-state index contributed by atoms with van der Waals surface area (Å²) in [5, 5.41) is 6.93. The number of aromatic nitrogens is 2. The van der Waals surface area contributed by atoms with E-state index in [-0.39, 0.29) is 5.91 Å². The lowest BCUT2D eigenvalue weighted by atomic mass is 9.96. The maximum Gasteiger partial charge on any atom is 0.255 e. The normalized spacial score (nSPS) is 14.3. The summed E-state index contributed by atoms with van der Waals surface area (Å²) in [5.74, 6) is 0.503. The smallest absolute Gasteiger partial charge is 0.255 e. The predicted octanol–water partition coefficient (Wildman–Crippen LogP) is 6.10. The highest BCUT2D eigenvalue weighted by atomic mass is 35.5. The lowest BCUT2D eigenvalue weighted by molar-refractivity contribution is 0.102. The van der Waals surface area contributed by atoms with Crippen LogP contribution in [0.2, 0.25) is 5.02 Å². The van der Waals surface area contributed by atoms with Crippen LogP contribution >= 0.6 is 11.6 Å². The maximum absolute atomic E-state index is 12.5. The van der Waals surface area contributed by atoms with Crippen molar-refractivity contribution in [2.75, 3.05) is 10.6 Å². The molecule has 1 saturated carbocycles. The molecular formula is C24H25ClN4O. The Balaban J connectivity index is 1.40. The minimum absolute atomic E-state index is 0.176. The lowest BCUT2D eigenvalue weighted by Crippen LogP contribution is -2.23. The zero-order valence-electron chi connectivity index (χ0n) is 17.0. The summed E-state index contributed by atoms with van der Waals surface area (Å²) in [6.07, 6.45) is 9.87. The molecule has 1 amide bonds. The molecule has 0 atom stereocenters. The van der Waals surface area contributed by atoms with Gasteiger partial charge in [-0.25, -0.2) is 9.97 Å². The summed E-state index contributed by atoms with van der Waals surface area (Å²) in [4.78, 5) is 21.4. The first-order valence-electron chi connectivity index (χ1n) is 10.3. The molecule has 1 aliphatic carbocycles. The fraction of sp³-hybridized carbons (Fsp3) is 0.292. The van der Waals surface area contributed by atoms with E-state index in [0.717, 1.165) is 16.7 Å². The molecular weight excluding hydrogens is 396 g/mol. The van der Waals surface area contributed by atoms with Crippen LogP contribution < -0.4 is 10.6 Å². The Hall–Kier alpha value is -2.92. The van der Waals surface area contributed by atoms with Crippen molar-refractivity contribution in [1.29, 1.82) is 0 Å². The number of carbonyl (C=O) groups excluding carboxylic acids is 1. The highest BCUT2D eigenvalue weighted by Crippen LogP contribution is 2.23. The van der Waals surface area contributed by atoms with E-state index in [1.54, 1.807) is 18.2 Å². The van der Waals surface area contributed by atoms with Gasteiger partial charge in [-0.1, -0.05) is 49.1 Å². The Morgan fingerprint density at radius 1 is 0.967 bits per heavy atom. The third kappa shape index (κ3) is 4.97. The number of amides is 1. The summed E-state index contributed by atoms with van der Waals surface area (Å²) in [6.45, 7) is 1.93. The van der Waals surface area contributed by atoms with Crippen molar-refractivity contribution in [3.05, 3.63) is 71.0 Å². The van der Waals surface area contributed by atoms with E-state index in [1.165, 1.54) is 32.1 Å². The van der Waals surface area contributed by atoms with Gasteiger partial charge in [-0.05, 0) is 55.2 Å². The molecule has 1 heterocycles. The Bertz CT molecular complexity index is 1010. The highest BCUT2D eigenvalue weighted by Gasteiger charge is 2.14. The number of rotatable bonds is 5. The molecule has 1 aliphatic rings. The molecule has 6 heteroatoms. The van der Waals surface area contributed by atoms with Gasteiger partial charge < -0.3 is 10.6 Å². The molecule has 0 spiro atoms. The standard InChI is InChI=1S/C24H25ClN4O/c1-16-7-12-21(13-22(16)25)28-23(30)18-10-8-17(9-11-18)19-14-26-24(27-15-19)29-20-5-3-2-4-6-20/h7-15,20H,2-6H2,1H3,(H,28,30)(H,26,27,29). The topological polar surface area (TPSA) is 66.9 Å². The molecule has 0 aliphatic heterocycles. The number of aryl methyl sites for hydroxylation is 1. The SMILES string of the molecule is Cc1ccc(NC(=O)c2ccc(-c3cnc(NC4CCCCC4)nc3)cc2)cc1Cl. The maximum atomic E-state index is 12.5. The van der Waals surface area contributed by atoms with Crippen molar-refractivity contribution in [3.63, 3.8) is 0 Å². The summed E-state index contributed by atoms with van der Waals surface area (Å²) in [6, 6.07) is 13.4. The average molecular weight is 421 g/mol. The molecule has 2 N–H and O–H groups in total. The fourth-order valence-corrected chi connectivity index (χ4v) is 3.85. The summed E-state index contributed by atoms with van der Waals surface area (Å²) in [7, 11) is 0. The molecule has 2 aromatic carbocycles. The molecule has 0 bridgehead atoms. The van der Waals surface area contributed by atoms with E-state index >= 15 is 0 Å². The second-order valence-corrected chi connectivity index (χ2v) is 8.18. The molecule has 1 aromatic heterocycles. The van der Waals surface area contributed by atoms with Crippen LogP contribution in [0.25, 0.3) is 11.1 Å². The van der Waals surface area contributed by atoms with E-state index in [0.29, 0.717) is 28.3 Å². The Morgan fingerprint density at radius 3 is 2.33 bits per heavy atom. The molecule has 1 fully saturated rings. The predicted molar refractivity (Wildman–Crippen MR) is 122 cm³/mol. The summed E-state index contributed by atoms with van der Waals surface area (Å²) in [5.41, 5.74) is 4.11. The van der Waals surface area contributed by atoms with E-state index in [9.17, 15) is 4.79 Å². The molecule has 5 nitrogen and oxygen atoms in total. The van der Waals surface area contributed by atoms with Crippen molar-refractivity contribution in [3.8, 4) is 11.1 Å². The number of benzene rings is 2. The molecule has 30 heavy (non-hydrogen) atoms. The second kappa shape index (κ2) is 9.26. The van der Waals surface area contributed by atoms with Gasteiger partial charge in [-0.15, -0.1) is 0 Å². The van der Waals surface area contributed by atoms with Crippen LogP contribution in [-0.2, 0) is 0 Å². The van der Waals surface area contributed by atoms with Crippen molar-refractivity contribution in [2.24, 2.45) is 0 Å². The van der Waals surface area contributed by atoms with Gasteiger partial charge in [0.05, 0.1) is 0 Å². The van der Waals surface area contributed by atoms with Gasteiger partial charge in [0.1, 0.15) is 0 Å². The van der Waals surface area contributed by atoms with Crippen molar-refractivity contribution < 1.29 is 4.79 Å². The number of halogens is 1. The van der Waals surface area contributed by atoms with Crippen LogP contribution in [0.1, 0.15) is 48.0 Å². The Kier molecular flexibility index (Phi) is 6.29. The number of carbonyl (C=O) groups is 1. The summed E-state index contributed by atoms with van der Waals surface area (Å²) < 4.78 is 0. The van der Waals surface area contributed by atoms with Crippen molar-refractivity contribution in [1.82, 2.24) is 9.97 Å². The number of hydrogen-bond donors (Lipinski definition) is 2. The quantitative estimate of drug-likeness (QED) is 0.523. The van der Waals surface area contributed by atoms with Crippen LogP contribution in [0, 0.1) is 6.92 Å². The Labute approximate surface area is 181 Å². The first kappa shape index (κ1) is 20.4. The minimum atomic E-state index is -0.176. The second-order valence-electron chi connectivity index (χ2n) is 7.77. The lowest BCUT2D eigenvalue weighted by Gasteiger charge is -2.22. The van der Waals surface area contributed by atoms with Gasteiger partial charge in [0.25, 0.3) is 5.91 Å². The first-order valence-corrected chi connectivity index (χ1v) is 10.7. The minimum Gasteiger partial charge on any atom is -0.351 e. The van der Waals surface area contributed by atoms with E-state index in [2.05, 4.69) is 20.6 Å². The van der Waals surface area contributed by atoms with Gasteiger partial charge in [-0.3, -0.25) is 4.79 Å². The van der Waals surface area contributed by atoms with Gasteiger partial charge in [-0.2, -0.15) is 0 Å². The molecule has 0 saturated heterocycles. The van der Waals surface area contributed by atoms with Crippen LogP contribution in [0.3, 0.4) is 0 Å². The number of anilines is 2. The number of nitrogens with one attached hydrogen (secondary N) is 2. The zero-order valence-corrected chi connectivity index (χ0v) is 17.7. The Morgan fingerprint density at radius 2 is 1.67 bits per heavy atom. The molecule has 0 unspecified atom stereocenters. The van der Waals surface area contributed by atoms with Gasteiger partial charge in [0, 0.05) is 40.3 Å². The third-order valence-electron chi connectivity index (χ3n) is 5.50. The van der Waals surface area contributed by atoms with E-state index in [4.69, 9.17) is 11.6 Å². The van der Waals surface area contributed by atoms with Gasteiger partial charge in [0.15, 0.2) is 0 Å². The first-order chi connectivity index (χ1) is 14.6. The fourth-order valence-electron chi connectivity index (χ4n) is 3.67. The number of hydrogen-bond acceptors (Lipinski definition) is 4. The van der Waals surface area contributed by atoms with Crippen molar-refractivity contribution >= 4 is 29.1 Å². The third-order valence-corrected chi connectivity index (χ3v) is 5.91. The molecule has 0 radical (unpaired) electrons. The largest absolute Gasteiger partial charge is 0.351 e. The zero-order chi connectivity index (χ0) is 20.9. The van der Waals surface area contributed by atoms with Crippen LogP contribution in [0.4, 0.5) is 11.6 Å². The van der Waals surface area contributed by atoms with E-state index < -0.39 is 0 Å². The van der Waals surface area contributed by atoms with Crippen molar-refractivity contribution in [2.45, 2.75) is 45.1 Å². The number of nitrogens with zero attached hydrogens (tertiary/aromatic N) is 2. The molecule has 3 aromatic rings. The monoisotopic (exact) mass is 420 g/mol. The van der Waals surface area contributed by atoms with Crippen LogP contribution in [0.5, 0.6) is 0 Å². The summed E-state index contributed by atoms with van der Waals surface area (Å²) >= 11 is 6.13. The average Bonchev–Trinajstić information content (AvgIpc) is 2.78. The highest BCUT2D eigenvalue weighted by molar-refractivity contribution is 6.31. The van der Waals surface area contributed by atoms with Gasteiger partial charge >= 0.3 is 0 Å². The van der Waals surface area contributed by atoms with Crippen LogP contribution in [-0.4, -0.2) is 21.9 Å². The molecule has 4 rings (SSSR count). The van der Waals surface area contributed by atoms with Crippen LogP contribution in [0.15, 0.2) is 54.9 Å².